The summed E-state index contributed by atoms with van der Waals surface area (Å²) in [5.74, 6) is -0.403. The van der Waals surface area contributed by atoms with Gasteiger partial charge in [-0.2, -0.15) is 0 Å². The minimum absolute atomic E-state index is 0.0673. The number of nitrogens with zero attached hydrogens (tertiary/aromatic N) is 1. The first-order valence-electron chi connectivity index (χ1n) is 4.97. The fraction of sp³-hybridized carbons (Fsp3) is 0.545. The van der Waals surface area contributed by atoms with Gasteiger partial charge in [-0.3, -0.25) is 4.98 Å². The fourth-order valence-corrected chi connectivity index (χ4v) is 1.92. The maximum atomic E-state index is 13.3. The summed E-state index contributed by atoms with van der Waals surface area (Å²) in [5.41, 5.74) is 0.321. The summed E-state index contributed by atoms with van der Waals surface area (Å²) >= 11 is 0. The molecule has 14 heavy (non-hydrogen) atoms. The Morgan fingerprint density at radius 3 is 2.86 bits per heavy atom. The van der Waals surface area contributed by atoms with Crippen LogP contribution >= 0.6 is 0 Å². The molecule has 0 aliphatic heterocycles. The van der Waals surface area contributed by atoms with Gasteiger partial charge < -0.3 is 5.11 Å². The SMILES string of the molecule is CCC1(C(O)c2ccncc2F)CC1. The molecule has 1 saturated carbocycles. The van der Waals surface area contributed by atoms with Gasteiger partial charge in [-0.1, -0.05) is 6.92 Å². The van der Waals surface area contributed by atoms with Crippen LogP contribution in [0.15, 0.2) is 18.5 Å². The number of hydrogen-bond donors (Lipinski definition) is 1. The van der Waals surface area contributed by atoms with Crippen LogP contribution in [-0.2, 0) is 0 Å². The summed E-state index contributed by atoms with van der Waals surface area (Å²) in [7, 11) is 0. The number of rotatable bonds is 3. The van der Waals surface area contributed by atoms with Gasteiger partial charge in [0.15, 0.2) is 0 Å². The van der Waals surface area contributed by atoms with Crippen molar-refractivity contribution in [3.63, 3.8) is 0 Å². The van der Waals surface area contributed by atoms with Crippen molar-refractivity contribution in [2.75, 3.05) is 0 Å². The van der Waals surface area contributed by atoms with Gasteiger partial charge in [-0.15, -0.1) is 0 Å². The van der Waals surface area contributed by atoms with Crippen molar-refractivity contribution in [3.05, 3.63) is 29.8 Å². The monoisotopic (exact) mass is 195 g/mol. The molecule has 3 heteroatoms. The molecule has 1 aromatic heterocycles. The summed E-state index contributed by atoms with van der Waals surface area (Å²) in [6, 6.07) is 1.57. The molecule has 0 bridgehead atoms. The summed E-state index contributed by atoms with van der Waals surface area (Å²) < 4.78 is 13.3. The zero-order valence-corrected chi connectivity index (χ0v) is 8.20. The minimum Gasteiger partial charge on any atom is -0.388 e. The highest BCUT2D eigenvalue weighted by Gasteiger charge is 2.48. The third-order valence-corrected chi connectivity index (χ3v) is 3.27. The van der Waals surface area contributed by atoms with Gasteiger partial charge in [0.05, 0.1) is 12.3 Å². The molecule has 1 aliphatic rings. The Bertz CT molecular complexity index is 336. The maximum Gasteiger partial charge on any atom is 0.147 e. The lowest BCUT2D eigenvalue weighted by molar-refractivity contribution is 0.0865. The van der Waals surface area contributed by atoms with Gasteiger partial charge in [-0.05, 0) is 25.3 Å². The molecule has 2 nitrogen and oxygen atoms in total. The van der Waals surface area contributed by atoms with Crippen LogP contribution in [-0.4, -0.2) is 10.1 Å². The normalized spacial score (nSPS) is 20.5. The van der Waals surface area contributed by atoms with Gasteiger partial charge in [0.1, 0.15) is 5.82 Å². The van der Waals surface area contributed by atoms with E-state index in [-0.39, 0.29) is 5.41 Å². The molecule has 2 rings (SSSR count). The van der Waals surface area contributed by atoms with Crippen molar-refractivity contribution in [2.45, 2.75) is 32.3 Å². The van der Waals surface area contributed by atoms with Crippen LogP contribution in [0.1, 0.15) is 37.9 Å². The lowest BCUT2D eigenvalue weighted by Crippen LogP contribution is -2.14. The van der Waals surface area contributed by atoms with Crippen LogP contribution in [0.25, 0.3) is 0 Å². The van der Waals surface area contributed by atoms with E-state index < -0.39 is 11.9 Å². The second-order valence-electron chi connectivity index (χ2n) is 4.02. The highest BCUT2D eigenvalue weighted by Crippen LogP contribution is 2.57. The van der Waals surface area contributed by atoms with Crippen LogP contribution in [0.4, 0.5) is 4.39 Å². The molecule has 1 atom stereocenters. The van der Waals surface area contributed by atoms with Gasteiger partial charge in [0.25, 0.3) is 0 Å². The standard InChI is InChI=1S/C11H14FNO/c1-2-11(4-5-11)10(14)8-3-6-13-7-9(8)12/h3,6-7,10,14H,2,4-5H2,1H3. The number of hydrogen-bond acceptors (Lipinski definition) is 2. The maximum absolute atomic E-state index is 13.3. The molecular weight excluding hydrogens is 181 g/mol. The second kappa shape index (κ2) is 3.31. The van der Waals surface area contributed by atoms with Crippen molar-refractivity contribution in [3.8, 4) is 0 Å². The van der Waals surface area contributed by atoms with Crippen LogP contribution in [0, 0.1) is 11.2 Å². The quantitative estimate of drug-likeness (QED) is 0.803. The number of aromatic nitrogens is 1. The molecule has 1 unspecified atom stereocenters. The molecule has 1 N–H and O–H groups in total. The molecular formula is C11H14FNO. The number of aliphatic hydroxyl groups excluding tert-OH is 1. The highest BCUT2D eigenvalue weighted by atomic mass is 19.1. The lowest BCUT2D eigenvalue weighted by Gasteiger charge is -2.20. The van der Waals surface area contributed by atoms with E-state index in [1.165, 1.54) is 6.20 Å². The third-order valence-electron chi connectivity index (χ3n) is 3.27. The molecule has 1 fully saturated rings. The molecule has 0 saturated heterocycles. The van der Waals surface area contributed by atoms with E-state index in [4.69, 9.17) is 0 Å². The molecule has 0 radical (unpaired) electrons. The zero-order chi connectivity index (χ0) is 10.2. The molecule has 0 spiro atoms. The van der Waals surface area contributed by atoms with Crippen molar-refractivity contribution >= 4 is 0 Å². The smallest absolute Gasteiger partial charge is 0.147 e. The first-order chi connectivity index (χ1) is 6.69. The van der Waals surface area contributed by atoms with Crippen molar-refractivity contribution in [1.29, 1.82) is 0 Å². The summed E-state index contributed by atoms with van der Waals surface area (Å²) in [6.07, 6.45) is 4.89. The van der Waals surface area contributed by atoms with Crippen LogP contribution in [0.2, 0.25) is 0 Å². The highest BCUT2D eigenvalue weighted by molar-refractivity contribution is 5.20. The average molecular weight is 195 g/mol. The molecule has 1 aromatic rings. The van der Waals surface area contributed by atoms with Crippen molar-refractivity contribution < 1.29 is 9.50 Å². The van der Waals surface area contributed by atoms with Crippen LogP contribution < -0.4 is 0 Å². The van der Waals surface area contributed by atoms with Crippen molar-refractivity contribution in [2.24, 2.45) is 5.41 Å². The third kappa shape index (κ3) is 1.42. The van der Waals surface area contributed by atoms with Gasteiger partial charge in [0, 0.05) is 17.2 Å². The zero-order valence-electron chi connectivity index (χ0n) is 8.20. The average Bonchev–Trinajstić information content (AvgIpc) is 2.98. The number of aliphatic hydroxyl groups is 1. The molecule has 0 amide bonds. The van der Waals surface area contributed by atoms with Crippen LogP contribution in [0.3, 0.4) is 0 Å². The Morgan fingerprint density at radius 2 is 2.36 bits per heavy atom. The minimum atomic E-state index is -0.671. The van der Waals surface area contributed by atoms with Gasteiger partial charge >= 0.3 is 0 Å². The number of pyridine rings is 1. The van der Waals surface area contributed by atoms with Gasteiger partial charge in [-0.25, -0.2) is 4.39 Å². The Kier molecular flexibility index (Phi) is 2.27. The fourth-order valence-electron chi connectivity index (χ4n) is 1.92. The van der Waals surface area contributed by atoms with E-state index in [2.05, 4.69) is 4.98 Å². The Hall–Kier alpha value is -0.960. The first kappa shape index (κ1) is 9.59. The lowest BCUT2D eigenvalue weighted by atomic mass is 9.91. The topological polar surface area (TPSA) is 33.1 Å². The van der Waals surface area contributed by atoms with Crippen LogP contribution in [0.5, 0.6) is 0 Å². The number of halogens is 1. The second-order valence-corrected chi connectivity index (χ2v) is 4.02. The predicted molar refractivity (Wildman–Crippen MR) is 51.1 cm³/mol. The van der Waals surface area contributed by atoms with Crippen molar-refractivity contribution in [1.82, 2.24) is 4.98 Å². The summed E-state index contributed by atoms with van der Waals surface area (Å²) in [4.78, 5) is 3.67. The summed E-state index contributed by atoms with van der Waals surface area (Å²) in [6.45, 7) is 2.04. The van der Waals surface area contributed by atoms with E-state index >= 15 is 0 Å². The molecule has 1 heterocycles. The van der Waals surface area contributed by atoms with E-state index in [0.717, 1.165) is 25.5 Å². The Morgan fingerprint density at radius 1 is 1.64 bits per heavy atom. The first-order valence-corrected chi connectivity index (χ1v) is 4.97. The van der Waals surface area contributed by atoms with Gasteiger partial charge in [0.2, 0.25) is 0 Å². The largest absolute Gasteiger partial charge is 0.388 e. The predicted octanol–water partition coefficient (Wildman–Crippen LogP) is 2.44. The summed E-state index contributed by atoms with van der Waals surface area (Å²) in [5, 5.41) is 10.0. The van der Waals surface area contributed by atoms with E-state index in [1.54, 1.807) is 6.07 Å². The molecule has 0 aromatic carbocycles. The Labute approximate surface area is 82.8 Å². The van der Waals surface area contributed by atoms with E-state index in [1.807, 2.05) is 6.92 Å². The van der Waals surface area contributed by atoms with E-state index in [9.17, 15) is 9.50 Å². The Balaban J connectivity index is 2.27. The van der Waals surface area contributed by atoms with E-state index in [0.29, 0.717) is 5.56 Å². The molecule has 1 aliphatic carbocycles. The molecule has 76 valence electrons.